The summed E-state index contributed by atoms with van der Waals surface area (Å²) >= 11 is 6.32. The molecule has 0 saturated heterocycles. The fourth-order valence-corrected chi connectivity index (χ4v) is 3.08. The molecule has 0 spiro atoms. The second kappa shape index (κ2) is 5.47. The van der Waals surface area contributed by atoms with Gasteiger partial charge in [-0.05, 0) is 42.8 Å². The quantitative estimate of drug-likeness (QED) is 0.922. The molecule has 104 valence electrons. The Bertz CT molecular complexity index is 626. The Labute approximate surface area is 124 Å². The average molecular weight is 288 g/mol. The summed E-state index contributed by atoms with van der Waals surface area (Å²) < 4.78 is 5.76. The summed E-state index contributed by atoms with van der Waals surface area (Å²) in [6, 6.07) is 14.5. The standard InChI is InChI=1S/C17H18ClNO/c1-11-9-13-10-12(7-8-16(13)20-11)17(19-2)14-5-3-4-6-15(14)18/h3-8,10-11,17,19H,9H2,1-2H3. The van der Waals surface area contributed by atoms with Crippen LogP contribution in [0.1, 0.15) is 29.7 Å². The van der Waals surface area contributed by atoms with E-state index in [1.54, 1.807) is 0 Å². The molecule has 1 aliphatic rings. The Morgan fingerprint density at radius 2 is 2.05 bits per heavy atom. The highest BCUT2D eigenvalue weighted by Gasteiger charge is 2.22. The fourth-order valence-electron chi connectivity index (χ4n) is 2.83. The molecule has 0 bridgehead atoms. The zero-order chi connectivity index (χ0) is 14.1. The second-order valence-electron chi connectivity index (χ2n) is 5.24. The molecule has 0 aliphatic carbocycles. The van der Waals surface area contributed by atoms with Crippen LogP contribution in [0.4, 0.5) is 0 Å². The van der Waals surface area contributed by atoms with Crippen LogP contribution in [0.15, 0.2) is 42.5 Å². The van der Waals surface area contributed by atoms with Gasteiger partial charge in [-0.15, -0.1) is 0 Å². The molecule has 0 aromatic heterocycles. The van der Waals surface area contributed by atoms with E-state index in [2.05, 4.69) is 36.5 Å². The van der Waals surface area contributed by atoms with Crippen molar-refractivity contribution in [3.05, 3.63) is 64.2 Å². The molecule has 2 nitrogen and oxygen atoms in total. The topological polar surface area (TPSA) is 21.3 Å². The van der Waals surface area contributed by atoms with Crippen molar-refractivity contribution in [2.45, 2.75) is 25.5 Å². The van der Waals surface area contributed by atoms with Crippen molar-refractivity contribution >= 4 is 11.6 Å². The number of hydrogen-bond donors (Lipinski definition) is 1. The summed E-state index contributed by atoms with van der Waals surface area (Å²) in [5.74, 6) is 1.01. The largest absolute Gasteiger partial charge is 0.490 e. The number of ether oxygens (including phenoxy) is 1. The number of halogens is 1. The van der Waals surface area contributed by atoms with E-state index in [0.717, 1.165) is 22.8 Å². The zero-order valence-corrected chi connectivity index (χ0v) is 12.4. The van der Waals surface area contributed by atoms with E-state index in [9.17, 15) is 0 Å². The van der Waals surface area contributed by atoms with Crippen molar-refractivity contribution in [1.29, 1.82) is 0 Å². The van der Waals surface area contributed by atoms with Gasteiger partial charge in [0, 0.05) is 11.4 Å². The van der Waals surface area contributed by atoms with Crippen molar-refractivity contribution in [1.82, 2.24) is 5.32 Å². The lowest BCUT2D eigenvalue weighted by atomic mass is 9.96. The number of benzene rings is 2. The first-order chi connectivity index (χ1) is 9.69. The van der Waals surface area contributed by atoms with Crippen molar-refractivity contribution in [3.63, 3.8) is 0 Å². The predicted molar refractivity (Wildman–Crippen MR) is 82.6 cm³/mol. The molecular weight excluding hydrogens is 270 g/mol. The molecule has 2 aromatic rings. The molecule has 0 radical (unpaired) electrons. The van der Waals surface area contributed by atoms with Gasteiger partial charge in [0.25, 0.3) is 0 Å². The van der Waals surface area contributed by atoms with E-state index in [1.165, 1.54) is 11.1 Å². The summed E-state index contributed by atoms with van der Waals surface area (Å²) in [5.41, 5.74) is 3.60. The first-order valence-corrected chi connectivity index (χ1v) is 7.28. The van der Waals surface area contributed by atoms with Gasteiger partial charge in [0.2, 0.25) is 0 Å². The van der Waals surface area contributed by atoms with Crippen molar-refractivity contribution in [3.8, 4) is 5.75 Å². The molecule has 2 aromatic carbocycles. The van der Waals surface area contributed by atoms with Gasteiger partial charge >= 0.3 is 0 Å². The minimum absolute atomic E-state index is 0.102. The lowest BCUT2D eigenvalue weighted by molar-refractivity contribution is 0.254. The van der Waals surface area contributed by atoms with Crippen LogP contribution in [0.2, 0.25) is 5.02 Å². The predicted octanol–water partition coefficient (Wildman–Crippen LogP) is 3.97. The van der Waals surface area contributed by atoms with Crippen molar-refractivity contribution < 1.29 is 4.74 Å². The summed E-state index contributed by atoms with van der Waals surface area (Å²) in [4.78, 5) is 0. The summed E-state index contributed by atoms with van der Waals surface area (Å²) in [6.45, 7) is 2.10. The number of rotatable bonds is 3. The van der Waals surface area contributed by atoms with Crippen LogP contribution < -0.4 is 10.1 Å². The molecule has 0 fully saturated rings. The number of fused-ring (bicyclic) bond motifs is 1. The molecular formula is C17H18ClNO. The van der Waals surface area contributed by atoms with E-state index in [4.69, 9.17) is 16.3 Å². The van der Waals surface area contributed by atoms with Gasteiger partial charge < -0.3 is 10.1 Å². The van der Waals surface area contributed by atoms with Gasteiger partial charge in [0.1, 0.15) is 11.9 Å². The first-order valence-electron chi connectivity index (χ1n) is 6.90. The Balaban J connectivity index is 1.99. The Morgan fingerprint density at radius 3 is 2.80 bits per heavy atom. The summed E-state index contributed by atoms with van der Waals surface area (Å²) in [5, 5.41) is 4.14. The highest BCUT2D eigenvalue weighted by molar-refractivity contribution is 6.31. The third-order valence-electron chi connectivity index (χ3n) is 3.76. The highest BCUT2D eigenvalue weighted by Crippen LogP contribution is 2.34. The van der Waals surface area contributed by atoms with Crippen molar-refractivity contribution in [2.75, 3.05) is 7.05 Å². The molecule has 0 amide bonds. The molecule has 1 N–H and O–H groups in total. The van der Waals surface area contributed by atoms with Crippen LogP contribution in [0, 0.1) is 0 Å². The maximum atomic E-state index is 6.32. The van der Waals surface area contributed by atoms with E-state index in [-0.39, 0.29) is 12.1 Å². The van der Waals surface area contributed by atoms with Crippen LogP contribution in [0.25, 0.3) is 0 Å². The zero-order valence-electron chi connectivity index (χ0n) is 11.7. The van der Waals surface area contributed by atoms with Crippen LogP contribution in [0.3, 0.4) is 0 Å². The van der Waals surface area contributed by atoms with Crippen LogP contribution in [-0.4, -0.2) is 13.2 Å². The third-order valence-corrected chi connectivity index (χ3v) is 4.10. The maximum Gasteiger partial charge on any atom is 0.123 e. The summed E-state index contributed by atoms with van der Waals surface area (Å²) in [6.07, 6.45) is 1.25. The number of nitrogens with one attached hydrogen (secondary N) is 1. The highest BCUT2D eigenvalue weighted by atomic mass is 35.5. The van der Waals surface area contributed by atoms with E-state index >= 15 is 0 Å². The third kappa shape index (κ3) is 2.41. The Kier molecular flexibility index (Phi) is 3.68. The van der Waals surface area contributed by atoms with Crippen LogP contribution in [0.5, 0.6) is 5.75 Å². The summed E-state index contributed by atoms with van der Waals surface area (Å²) in [7, 11) is 1.96. The van der Waals surface area contributed by atoms with Gasteiger partial charge in [0.15, 0.2) is 0 Å². The molecule has 1 heterocycles. The van der Waals surface area contributed by atoms with Gasteiger partial charge in [-0.3, -0.25) is 0 Å². The SMILES string of the molecule is CNC(c1ccc2c(c1)CC(C)O2)c1ccccc1Cl. The monoisotopic (exact) mass is 287 g/mol. The maximum absolute atomic E-state index is 6.32. The van der Waals surface area contributed by atoms with E-state index in [0.29, 0.717) is 0 Å². The van der Waals surface area contributed by atoms with Crippen LogP contribution >= 0.6 is 11.6 Å². The molecule has 2 atom stereocenters. The lowest BCUT2D eigenvalue weighted by Gasteiger charge is -2.19. The van der Waals surface area contributed by atoms with Crippen LogP contribution in [-0.2, 0) is 6.42 Å². The average Bonchev–Trinajstić information content (AvgIpc) is 2.81. The molecule has 20 heavy (non-hydrogen) atoms. The van der Waals surface area contributed by atoms with Gasteiger partial charge in [-0.25, -0.2) is 0 Å². The van der Waals surface area contributed by atoms with Gasteiger partial charge in [-0.2, -0.15) is 0 Å². The van der Waals surface area contributed by atoms with E-state index < -0.39 is 0 Å². The van der Waals surface area contributed by atoms with E-state index in [1.807, 2.05) is 25.2 Å². The minimum atomic E-state index is 0.102. The normalized spacial score (nSPS) is 18.4. The first kappa shape index (κ1) is 13.5. The van der Waals surface area contributed by atoms with Gasteiger partial charge in [-0.1, -0.05) is 41.9 Å². The molecule has 3 heteroatoms. The molecule has 3 rings (SSSR count). The second-order valence-corrected chi connectivity index (χ2v) is 5.65. The number of hydrogen-bond acceptors (Lipinski definition) is 2. The Hall–Kier alpha value is -1.51. The fraction of sp³-hybridized carbons (Fsp3) is 0.294. The minimum Gasteiger partial charge on any atom is -0.490 e. The molecule has 1 aliphatic heterocycles. The van der Waals surface area contributed by atoms with Crippen molar-refractivity contribution in [2.24, 2.45) is 0 Å². The molecule has 0 saturated carbocycles. The Morgan fingerprint density at radius 1 is 1.25 bits per heavy atom. The lowest BCUT2D eigenvalue weighted by Crippen LogP contribution is -2.18. The molecule has 2 unspecified atom stereocenters. The smallest absolute Gasteiger partial charge is 0.123 e. The van der Waals surface area contributed by atoms with Gasteiger partial charge in [0.05, 0.1) is 6.04 Å².